The number of amides is 4. The number of methoxy groups -OCH3 is 1. The van der Waals surface area contributed by atoms with Gasteiger partial charge < -0.3 is 78.7 Å². The van der Waals surface area contributed by atoms with E-state index < -0.39 is 0 Å². The largest absolute Gasteiger partial charge is 0.388 e. The fourth-order valence-electron chi connectivity index (χ4n) is 4.45. The number of ether oxygens (including phenoxy) is 9. The molecule has 21 heteroatoms. The fraction of sp³-hybridized carbons (Fsp3) is 0.694. The lowest BCUT2D eigenvalue weighted by Crippen LogP contribution is -2.34. The number of anilines is 1. The smallest absolute Gasteiger partial charge is 0.253 e. The summed E-state index contributed by atoms with van der Waals surface area (Å²) in [5, 5.41) is 8.63. The van der Waals surface area contributed by atoms with Gasteiger partial charge in [-0.05, 0) is 44.0 Å². The molecule has 0 saturated carbocycles. The average molecular weight is 1000 g/mol. The molecular weight excluding hydrogens is 915 g/mol. The first-order valence-electron chi connectivity index (χ1n) is 23.6. The molecule has 1 aliphatic heterocycles. The van der Waals surface area contributed by atoms with Crippen molar-refractivity contribution < 1.29 is 76.2 Å². The molecule has 0 radical (unpaired) electrons. The van der Waals surface area contributed by atoms with Crippen LogP contribution < -0.4 is 21.7 Å². The molecule has 1 heterocycles. The van der Waals surface area contributed by atoms with Crippen LogP contribution in [-0.2, 0) is 82.8 Å². The van der Waals surface area contributed by atoms with Crippen molar-refractivity contribution in [1.82, 2.24) is 15.5 Å². The number of nitrogens with two attached hydrogens (primary N) is 1. The van der Waals surface area contributed by atoms with E-state index >= 15 is 0 Å². The second-order valence-corrected chi connectivity index (χ2v) is 15.1. The van der Waals surface area contributed by atoms with Crippen LogP contribution in [0.3, 0.4) is 0 Å². The minimum Gasteiger partial charge on any atom is -0.388 e. The maximum Gasteiger partial charge on any atom is 0.253 e. The molecule has 0 aliphatic carbocycles. The molecule has 5 N–H and O–H groups in total. The molecule has 21 nitrogen and oxygen atoms in total. The molecule has 70 heavy (non-hydrogen) atoms. The van der Waals surface area contributed by atoms with E-state index in [0.717, 1.165) is 42.7 Å². The van der Waals surface area contributed by atoms with Crippen molar-refractivity contribution in [3.05, 3.63) is 42.0 Å². The predicted molar refractivity (Wildman–Crippen MR) is 268 cm³/mol. The number of aldehydes is 3. The Hall–Kier alpha value is -4.55. The van der Waals surface area contributed by atoms with Crippen molar-refractivity contribution in [3.8, 4) is 0 Å². The Morgan fingerprint density at radius 3 is 1.33 bits per heavy atom. The Kier molecular flexibility index (Phi) is 60.4. The van der Waals surface area contributed by atoms with Gasteiger partial charge in [-0.3, -0.25) is 24.1 Å². The lowest BCUT2D eigenvalue weighted by atomic mass is 10.1. The molecule has 0 bridgehead atoms. The molecule has 406 valence electrons. The van der Waals surface area contributed by atoms with Crippen molar-refractivity contribution in [2.75, 3.05) is 145 Å². The third-order valence-corrected chi connectivity index (χ3v) is 7.83. The van der Waals surface area contributed by atoms with Crippen LogP contribution in [0.5, 0.6) is 0 Å². The van der Waals surface area contributed by atoms with Crippen molar-refractivity contribution in [3.63, 3.8) is 0 Å². The Morgan fingerprint density at radius 2 is 1.03 bits per heavy atom. The Morgan fingerprint density at radius 1 is 0.643 bits per heavy atom. The van der Waals surface area contributed by atoms with Gasteiger partial charge in [0.05, 0.1) is 112 Å². The second kappa shape index (κ2) is 58.8. The Balaban J connectivity index is -0.000000435. The summed E-state index contributed by atoms with van der Waals surface area (Å²) in [7, 11) is 5.51. The highest BCUT2D eigenvalue weighted by Gasteiger charge is 2.22. The second-order valence-electron chi connectivity index (χ2n) is 15.1. The first-order valence-corrected chi connectivity index (χ1v) is 23.6. The lowest BCUT2D eigenvalue weighted by Gasteiger charge is -2.10. The van der Waals surface area contributed by atoms with E-state index in [4.69, 9.17) is 47.4 Å². The Labute approximate surface area is 417 Å². The quantitative estimate of drug-likeness (QED) is 0.0424. The van der Waals surface area contributed by atoms with Crippen LogP contribution in [0.2, 0.25) is 0 Å². The first-order chi connectivity index (χ1) is 33.8. The third-order valence-electron chi connectivity index (χ3n) is 7.83. The number of carbonyl (C=O) groups is 7. The van der Waals surface area contributed by atoms with E-state index in [2.05, 4.69) is 40.7 Å². The molecule has 2 rings (SSSR count). The molecule has 0 saturated heterocycles. The summed E-state index contributed by atoms with van der Waals surface area (Å²) in [4.78, 5) is 71.7. The lowest BCUT2D eigenvalue weighted by molar-refractivity contribution is -0.137. The number of hydrogen-bond acceptors (Lipinski definition) is 18. The summed E-state index contributed by atoms with van der Waals surface area (Å²) in [6.45, 7) is 22.6. The summed E-state index contributed by atoms with van der Waals surface area (Å²) in [5.74, 6) is -0.183. The summed E-state index contributed by atoms with van der Waals surface area (Å²) in [6.07, 6.45) is 6.69. The number of primary amides is 1. The summed E-state index contributed by atoms with van der Waals surface area (Å²) in [6, 6.07) is 7.81. The molecule has 1 aliphatic rings. The fourth-order valence-corrected chi connectivity index (χ4v) is 4.45. The van der Waals surface area contributed by atoms with E-state index in [1.165, 1.54) is 17.7 Å². The number of hydrogen-bond donors (Lipinski definition) is 4. The third kappa shape index (κ3) is 57.8. The number of rotatable bonds is 37. The number of benzene rings is 1. The van der Waals surface area contributed by atoms with Gasteiger partial charge in [0.2, 0.25) is 12.3 Å². The van der Waals surface area contributed by atoms with Gasteiger partial charge >= 0.3 is 0 Å². The molecule has 0 aromatic heterocycles. The molecule has 4 amide bonds. The van der Waals surface area contributed by atoms with Crippen LogP contribution in [-0.4, -0.2) is 194 Å². The zero-order valence-corrected chi connectivity index (χ0v) is 43.6. The van der Waals surface area contributed by atoms with Gasteiger partial charge in [0, 0.05) is 70.5 Å². The number of nitrogens with one attached hydrogen (secondary N) is 3. The monoisotopic (exact) mass is 1000 g/mol. The highest BCUT2D eigenvalue weighted by atomic mass is 16.6. The highest BCUT2D eigenvalue weighted by molar-refractivity contribution is 6.12. The van der Waals surface area contributed by atoms with Crippen molar-refractivity contribution in [2.24, 2.45) is 17.6 Å². The standard InChI is InChI=1S/C20H43NO8.C9H13NO.C8H15NO2.C7H7NO3.C4H8O.CH3NO/c1-3-5-22-7-9-24-11-13-26-15-17-28-19-20-29-18-16-27-14-12-25-10-8-23-6-4-21-2;1-10-9-5-3-8(4-6-9)7-11-2;1-6(2)4-8(11)9-7(3)5-10;9-5-1-4-8-6(10)2-3-7(8)11;1-4(2)3-5;2-1-3/h21H,3-20H2,1-2H3;3-6,10H,7H2,1-2H3;5-7H,4H2,1-3H3,(H,9,11);2-3,5H,1,4H2;3-4H,1-2H3;1H,(H2,2,3). The SMILES string of the molecule is CC(C)C=O.CC(C)CC(=O)NC(C)C=O.CCCOCCOCCOCCOCCOCCOCCOCCOCCNC.CNc1ccc(COC)cc1.NC=O.O=CCCN1C(=O)C=CC1=O. The highest BCUT2D eigenvalue weighted by Crippen LogP contribution is 2.08. The number of nitrogens with zero attached hydrogens (tertiary/aromatic N) is 1. The maximum absolute atomic E-state index is 11.0. The summed E-state index contributed by atoms with van der Waals surface area (Å²) < 4.78 is 48.1. The van der Waals surface area contributed by atoms with Crippen molar-refractivity contribution in [2.45, 2.75) is 73.5 Å². The van der Waals surface area contributed by atoms with Gasteiger partial charge in [0.15, 0.2) is 0 Å². The average Bonchev–Trinajstić information content (AvgIpc) is 3.67. The minimum atomic E-state index is -0.360. The van der Waals surface area contributed by atoms with Gasteiger partial charge in [-0.25, -0.2) is 0 Å². The summed E-state index contributed by atoms with van der Waals surface area (Å²) in [5.41, 5.74) is 6.50. The van der Waals surface area contributed by atoms with E-state index in [0.29, 0.717) is 124 Å². The van der Waals surface area contributed by atoms with Crippen LogP contribution in [0.4, 0.5) is 5.69 Å². The zero-order valence-electron chi connectivity index (χ0n) is 43.6. The van der Waals surface area contributed by atoms with Crippen molar-refractivity contribution in [1.29, 1.82) is 0 Å². The molecule has 1 unspecified atom stereocenters. The minimum absolute atomic E-state index is 0.0559. The van der Waals surface area contributed by atoms with Crippen molar-refractivity contribution >= 4 is 48.7 Å². The molecular formula is C49H89N5O16. The van der Waals surface area contributed by atoms with E-state index in [1.54, 1.807) is 14.0 Å². The zero-order chi connectivity index (χ0) is 53.3. The molecule has 1 atom stereocenters. The maximum atomic E-state index is 11.0. The van der Waals surface area contributed by atoms with E-state index in [-0.39, 0.29) is 49.1 Å². The Bertz CT molecular complexity index is 1350. The van der Waals surface area contributed by atoms with Crippen LogP contribution in [0.15, 0.2) is 36.4 Å². The van der Waals surface area contributed by atoms with Gasteiger partial charge in [0.1, 0.15) is 18.9 Å². The number of imide groups is 1. The number of likely N-dealkylation sites (N-methyl/N-ethyl adjacent to an activating group) is 1. The number of carbonyl (C=O) groups excluding carboxylic acids is 7. The first kappa shape index (κ1) is 72.0. The van der Waals surface area contributed by atoms with Gasteiger partial charge in [-0.15, -0.1) is 0 Å². The van der Waals surface area contributed by atoms with Gasteiger partial charge in [-0.2, -0.15) is 0 Å². The normalized spacial score (nSPS) is 11.6. The van der Waals surface area contributed by atoms with Gasteiger partial charge in [-0.1, -0.05) is 46.8 Å². The molecule has 0 fully saturated rings. The molecule has 1 aromatic rings. The van der Waals surface area contributed by atoms with Gasteiger partial charge in [0.25, 0.3) is 11.8 Å². The predicted octanol–water partition coefficient (Wildman–Crippen LogP) is 2.80. The van der Waals surface area contributed by atoms with E-state index in [9.17, 15) is 28.8 Å². The topological polar surface area (TPSA) is 268 Å². The van der Waals surface area contributed by atoms with E-state index in [1.807, 2.05) is 53.9 Å². The van der Waals surface area contributed by atoms with Crippen LogP contribution in [0.25, 0.3) is 0 Å². The summed E-state index contributed by atoms with van der Waals surface area (Å²) >= 11 is 0. The molecule has 0 spiro atoms. The molecule has 1 aromatic carbocycles. The van der Waals surface area contributed by atoms with Crippen LogP contribution >= 0.6 is 0 Å². The van der Waals surface area contributed by atoms with Crippen LogP contribution in [0.1, 0.15) is 66.4 Å². The van der Waals surface area contributed by atoms with Crippen LogP contribution in [0, 0.1) is 11.8 Å².